The fraction of sp³-hybridized carbons (Fsp3) is 0.346. The zero-order valence-electron chi connectivity index (χ0n) is 19.8. The summed E-state index contributed by atoms with van der Waals surface area (Å²) in [6.45, 7) is 7.57. The van der Waals surface area contributed by atoms with Gasteiger partial charge in [-0.15, -0.1) is 0 Å². The van der Waals surface area contributed by atoms with E-state index < -0.39 is 0 Å². The first-order chi connectivity index (χ1) is 16.5. The number of likely N-dealkylation sites (tertiary alicyclic amines) is 1. The first-order valence-electron chi connectivity index (χ1n) is 11.7. The molecule has 0 spiro atoms. The molecule has 8 heteroatoms. The quantitative estimate of drug-likeness (QED) is 0.486. The lowest BCUT2D eigenvalue weighted by Gasteiger charge is -2.40. The highest BCUT2D eigenvalue weighted by molar-refractivity contribution is 5.98. The SMILES string of the molecule is Cc1ccc(-n2nccn2)c(C(=O)N2CCC[C@@H](C)[C@H]2CNc2ncc3cc(C)ccc3n2)c1. The van der Waals surface area contributed by atoms with Crippen LogP contribution in [0.4, 0.5) is 5.95 Å². The van der Waals surface area contributed by atoms with Crippen molar-refractivity contribution in [2.45, 2.75) is 39.7 Å². The van der Waals surface area contributed by atoms with E-state index in [-0.39, 0.29) is 11.9 Å². The Balaban J connectivity index is 1.40. The zero-order valence-corrected chi connectivity index (χ0v) is 19.8. The van der Waals surface area contributed by atoms with Crippen LogP contribution in [0.2, 0.25) is 0 Å². The monoisotopic (exact) mass is 455 g/mol. The lowest BCUT2D eigenvalue weighted by molar-refractivity contribution is 0.0539. The summed E-state index contributed by atoms with van der Waals surface area (Å²) in [5, 5.41) is 12.9. The van der Waals surface area contributed by atoms with Gasteiger partial charge in [0.25, 0.3) is 5.91 Å². The topological polar surface area (TPSA) is 88.8 Å². The number of aryl methyl sites for hydroxylation is 2. The molecule has 0 bridgehead atoms. The molecule has 34 heavy (non-hydrogen) atoms. The number of hydrogen-bond donors (Lipinski definition) is 1. The van der Waals surface area contributed by atoms with Gasteiger partial charge in [-0.05, 0) is 56.9 Å². The van der Waals surface area contributed by atoms with E-state index in [1.165, 1.54) is 10.4 Å². The van der Waals surface area contributed by atoms with Crippen LogP contribution in [-0.4, -0.2) is 54.9 Å². The maximum atomic E-state index is 13.8. The van der Waals surface area contributed by atoms with Gasteiger partial charge in [-0.1, -0.05) is 30.2 Å². The fourth-order valence-electron chi connectivity index (χ4n) is 4.74. The van der Waals surface area contributed by atoms with Gasteiger partial charge in [-0.3, -0.25) is 4.79 Å². The number of hydrogen-bond acceptors (Lipinski definition) is 6. The van der Waals surface area contributed by atoms with Crippen LogP contribution in [0.15, 0.2) is 55.0 Å². The Morgan fingerprint density at radius 2 is 1.85 bits per heavy atom. The average Bonchev–Trinajstić information content (AvgIpc) is 3.37. The van der Waals surface area contributed by atoms with Gasteiger partial charge in [0, 0.05) is 24.7 Å². The molecule has 0 aliphatic carbocycles. The van der Waals surface area contributed by atoms with E-state index in [0.29, 0.717) is 36.2 Å². The highest BCUT2D eigenvalue weighted by atomic mass is 16.2. The largest absolute Gasteiger partial charge is 0.352 e. The Labute approximate surface area is 199 Å². The molecule has 0 unspecified atom stereocenters. The number of piperidine rings is 1. The predicted molar refractivity (Wildman–Crippen MR) is 132 cm³/mol. The molecule has 1 fully saturated rings. The second-order valence-corrected chi connectivity index (χ2v) is 9.16. The maximum absolute atomic E-state index is 13.8. The molecular weight excluding hydrogens is 426 g/mol. The van der Waals surface area contributed by atoms with Crippen LogP contribution >= 0.6 is 0 Å². The molecular formula is C26H29N7O. The lowest BCUT2D eigenvalue weighted by atomic mass is 9.90. The number of anilines is 1. The second kappa shape index (κ2) is 9.21. The minimum absolute atomic E-state index is 0.00394. The summed E-state index contributed by atoms with van der Waals surface area (Å²) in [6.07, 6.45) is 7.15. The van der Waals surface area contributed by atoms with Crippen LogP contribution in [0.3, 0.4) is 0 Å². The second-order valence-electron chi connectivity index (χ2n) is 9.16. The highest BCUT2D eigenvalue weighted by Gasteiger charge is 2.33. The van der Waals surface area contributed by atoms with Crippen LogP contribution in [0.1, 0.15) is 41.3 Å². The minimum atomic E-state index is 0.00394. The molecule has 3 heterocycles. The van der Waals surface area contributed by atoms with Gasteiger partial charge < -0.3 is 10.2 Å². The Morgan fingerprint density at radius 3 is 2.68 bits per heavy atom. The highest BCUT2D eigenvalue weighted by Crippen LogP contribution is 2.27. The number of rotatable bonds is 5. The summed E-state index contributed by atoms with van der Waals surface area (Å²) in [6, 6.07) is 12.0. The number of nitrogens with one attached hydrogen (secondary N) is 1. The number of aromatic nitrogens is 5. The standard InChI is InChI=1S/C26H29N7O/c1-17-6-8-22-20(13-17)15-27-26(31-22)28-16-24-19(3)5-4-12-32(24)25(34)21-14-18(2)7-9-23(21)33-29-10-11-30-33/h6-11,13-15,19,24H,4-5,12,16H2,1-3H3,(H,27,28,31)/t19-,24-/m1/s1. The molecule has 4 aromatic rings. The van der Waals surface area contributed by atoms with E-state index in [1.807, 2.05) is 42.3 Å². The predicted octanol–water partition coefficient (Wildman–Crippen LogP) is 4.18. The summed E-state index contributed by atoms with van der Waals surface area (Å²) >= 11 is 0. The molecule has 1 aliphatic heterocycles. The Kier molecular flexibility index (Phi) is 5.96. The maximum Gasteiger partial charge on any atom is 0.256 e. The minimum Gasteiger partial charge on any atom is -0.352 e. The molecule has 2 atom stereocenters. The third-order valence-corrected chi connectivity index (χ3v) is 6.60. The van der Waals surface area contributed by atoms with Crippen LogP contribution in [0.25, 0.3) is 16.6 Å². The molecule has 2 aromatic carbocycles. The number of fused-ring (bicyclic) bond motifs is 1. The smallest absolute Gasteiger partial charge is 0.256 e. The van der Waals surface area contributed by atoms with Gasteiger partial charge in [0.15, 0.2) is 0 Å². The van der Waals surface area contributed by atoms with Crippen molar-refractivity contribution in [3.63, 3.8) is 0 Å². The molecule has 1 aliphatic rings. The first-order valence-corrected chi connectivity index (χ1v) is 11.7. The number of benzene rings is 2. The lowest BCUT2D eigenvalue weighted by Crippen LogP contribution is -2.51. The summed E-state index contributed by atoms with van der Waals surface area (Å²) < 4.78 is 0. The molecule has 1 N–H and O–H groups in total. The van der Waals surface area contributed by atoms with E-state index in [1.54, 1.807) is 12.4 Å². The van der Waals surface area contributed by atoms with Crippen molar-refractivity contribution in [2.24, 2.45) is 5.92 Å². The van der Waals surface area contributed by atoms with Crippen molar-refractivity contribution in [1.29, 1.82) is 0 Å². The molecule has 1 saturated heterocycles. The van der Waals surface area contributed by atoms with Crippen molar-refractivity contribution < 1.29 is 4.79 Å². The molecule has 2 aromatic heterocycles. The number of nitrogens with zero attached hydrogens (tertiary/aromatic N) is 6. The van der Waals surface area contributed by atoms with Crippen LogP contribution < -0.4 is 5.32 Å². The first kappa shape index (κ1) is 22.0. The summed E-state index contributed by atoms with van der Waals surface area (Å²) in [4.78, 5) is 26.5. The molecule has 1 amide bonds. The van der Waals surface area contributed by atoms with Gasteiger partial charge in [0.1, 0.15) is 0 Å². The van der Waals surface area contributed by atoms with Gasteiger partial charge in [0.05, 0.1) is 35.2 Å². The third-order valence-electron chi connectivity index (χ3n) is 6.60. The summed E-state index contributed by atoms with van der Waals surface area (Å²) in [5.41, 5.74) is 4.43. The molecule has 174 valence electrons. The van der Waals surface area contributed by atoms with Crippen molar-refractivity contribution in [2.75, 3.05) is 18.4 Å². The van der Waals surface area contributed by atoms with Crippen molar-refractivity contribution >= 4 is 22.8 Å². The van der Waals surface area contributed by atoms with Crippen LogP contribution in [0.5, 0.6) is 0 Å². The van der Waals surface area contributed by atoms with E-state index in [9.17, 15) is 4.79 Å². The number of carbonyl (C=O) groups is 1. The van der Waals surface area contributed by atoms with E-state index in [2.05, 4.69) is 51.5 Å². The molecule has 5 rings (SSSR count). The molecule has 0 saturated carbocycles. The van der Waals surface area contributed by atoms with Gasteiger partial charge >= 0.3 is 0 Å². The number of carbonyl (C=O) groups excluding carboxylic acids is 1. The summed E-state index contributed by atoms with van der Waals surface area (Å²) in [7, 11) is 0. The average molecular weight is 456 g/mol. The fourth-order valence-corrected chi connectivity index (χ4v) is 4.74. The molecule has 8 nitrogen and oxygen atoms in total. The Bertz CT molecular complexity index is 1320. The third kappa shape index (κ3) is 4.35. The van der Waals surface area contributed by atoms with Crippen molar-refractivity contribution in [3.8, 4) is 5.69 Å². The van der Waals surface area contributed by atoms with Crippen LogP contribution in [0, 0.1) is 19.8 Å². The summed E-state index contributed by atoms with van der Waals surface area (Å²) in [5.74, 6) is 0.937. The van der Waals surface area contributed by atoms with E-state index >= 15 is 0 Å². The Morgan fingerprint density at radius 1 is 1.09 bits per heavy atom. The van der Waals surface area contributed by atoms with E-state index in [4.69, 9.17) is 0 Å². The normalized spacial score (nSPS) is 18.3. The van der Waals surface area contributed by atoms with Crippen LogP contribution in [-0.2, 0) is 0 Å². The van der Waals surface area contributed by atoms with Gasteiger partial charge in [-0.25, -0.2) is 9.97 Å². The van der Waals surface area contributed by atoms with Gasteiger partial charge in [0.2, 0.25) is 5.95 Å². The van der Waals surface area contributed by atoms with E-state index in [0.717, 1.165) is 29.3 Å². The molecule has 0 radical (unpaired) electrons. The number of amides is 1. The van der Waals surface area contributed by atoms with Crippen molar-refractivity contribution in [3.05, 3.63) is 71.7 Å². The Hall–Kier alpha value is -3.81. The zero-order chi connectivity index (χ0) is 23.7. The van der Waals surface area contributed by atoms with Gasteiger partial charge in [-0.2, -0.15) is 15.0 Å². The van der Waals surface area contributed by atoms with Crippen molar-refractivity contribution in [1.82, 2.24) is 29.9 Å².